The molecular formula is C76H84N12O18. The first-order valence-electron chi connectivity index (χ1n) is 34.4. The van der Waals surface area contributed by atoms with Gasteiger partial charge in [-0.1, -0.05) is 133 Å². The number of carbonyl (C=O) groups is 8. The van der Waals surface area contributed by atoms with Crippen molar-refractivity contribution in [3.63, 3.8) is 0 Å². The molecule has 0 saturated carbocycles. The minimum Gasteiger partial charge on any atom is -0.444 e. The summed E-state index contributed by atoms with van der Waals surface area (Å²) >= 11 is 0. The van der Waals surface area contributed by atoms with Gasteiger partial charge in [-0.25, -0.2) is 4.79 Å². The average Bonchev–Trinajstić information content (AvgIpc) is 0.807. The highest BCUT2D eigenvalue weighted by atomic mass is 16.7. The van der Waals surface area contributed by atoms with Crippen LogP contribution in [0.3, 0.4) is 0 Å². The van der Waals surface area contributed by atoms with Crippen molar-refractivity contribution in [3.05, 3.63) is 280 Å². The zero-order chi connectivity index (χ0) is 75.4. The lowest BCUT2D eigenvalue weighted by molar-refractivity contribution is -0.126. The van der Waals surface area contributed by atoms with Crippen molar-refractivity contribution in [3.8, 4) is 0 Å². The summed E-state index contributed by atoms with van der Waals surface area (Å²) in [5, 5.41) is 16.1. The number of aromatic nitrogens is 4. The van der Waals surface area contributed by atoms with Crippen LogP contribution in [0.4, 0.5) is 4.79 Å². The number of rotatable bonds is 21. The van der Waals surface area contributed by atoms with E-state index in [0.29, 0.717) is 31.7 Å². The third kappa shape index (κ3) is 22.2. The predicted octanol–water partition coefficient (Wildman–Crippen LogP) is 3.35. The van der Waals surface area contributed by atoms with Crippen molar-refractivity contribution in [1.29, 1.82) is 0 Å². The van der Waals surface area contributed by atoms with Crippen LogP contribution in [0.1, 0.15) is 131 Å². The SMILES string of the molecule is CC(C)(C)OC(=O)NCCOCCNC(=O)C1CCCN(C(=O)c2cccc(=O)n2OCc2ccccc2)CCCNC(=O)c2ccc(n(OCc3ccccc3)c2=O)C(=O)NCCNC(=O)c2ccc(c(=O)n2OCc2ccccc2)C(=O)NCCCN1C(=O)c1cccc(=O)n1OCc1ccccc1. The first-order chi connectivity index (χ1) is 51.2. The second-order valence-electron chi connectivity index (χ2n) is 25.1. The Kier molecular flexibility index (Phi) is 28.2. The molecule has 106 heavy (non-hydrogen) atoms. The number of hydrogen-bond acceptors (Lipinski definition) is 18. The summed E-state index contributed by atoms with van der Waals surface area (Å²) in [5.74, 6) is -5.85. The quantitative estimate of drug-likeness (QED) is 0.0562. The molecule has 4 aromatic carbocycles. The van der Waals surface area contributed by atoms with E-state index >= 15 is 14.4 Å². The minimum atomic E-state index is -1.47. The molecule has 0 spiro atoms. The van der Waals surface area contributed by atoms with Crippen molar-refractivity contribution in [2.45, 2.75) is 84.5 Å². The first kappa shape index (κ1) is 77.6. The third-order valence-corrected chi connectivity index (χ3v) is 16.2. The standard InChI is InChI=1S/C76H84N12O18/c1-76(2,3)106-75(100)82-43-48-101-47-42-81-68(93)59-31-18-44-83(73(98)62-29-16-32-64(89)85(62)102-49-53-21-8-4-9-22-53)45-19-38-77-66(91)57-34-36-60(87(71(57)96)104-51-55-25-12-6-13-26-55)69(94)79-40-41-80-70(95)61-37-35-58(72(97)88(61)105-52-56-27-14-7-15-28-56)67(92)78-39-20-46-84(59)74(99)63-30-17-33-65(90)86(63)103-50-54-23-10-5-11-24-54/h4-17,21-30,32-37,59H,18-20,31,38-52H2,1-3H3,(H,77,91)(H,78,92)(H,79,94)(H,80,95)(H,81,93)(H,82,100). The molecule has 3 aliphatic rings. The van der Waals surface area contributed by atoms with E-state index in [1.807, 2.05) is 0 Å². The number of nitrogens with one attached hydrogen (secondary N) is 6. The summed E-state index contributed by atoms with van der Waals surface area (Å²) in [6.45, 7) is 2.64. The van der Waals surface area contributed by atoms with Gasteiger partial charge in [0, 0.05) is 71.0 Å². The number of amides is 8. The van der Waals surface area contributed by atoms with E-state index in [0.717, 1.165) is 21.6 Å². The van der Waals surface area contributed by atoms with Crippen molar-refractivity contribution in [2.24, 2.45) is 0 Å². The zero-order valence-corrected chi connectivity index (χ0v) is 58.9. The van der Waals surface area contributed by atoms with E-state index in [1.165, 1.54) is 58.3 Å². The van der Waals surface area contributed by atoms with E-state index < -0.39 is 92.5 Å². The van der Waals surface area contributed by atoms with Gasteiger partial charge in [0.05, 0.1) is 13.2 Å². The highest BCUT2D eigenvalue weighted by Gasteiger charge is 2.34. The van der Waals surface area contributed by atoms with Crippen LogP contribution in [-0.2, 0) is 40.7 Å². The van der Waals surface area contributed by atoms with Crippen molar-refractivity contribution in [2.75, 3.05) is 72.1 Å². The molecule has 6 N–H and O–H groups in total. The van der Waals surface area contributed by atoms with Gasteiger partial charge < -0.3 is 70.5 Å². The van der Waals surface area contributed by atoms with E-state index in [4.69, 9.17) is 28.8 Å². The molecule has 0 saturated heterocycles. The average molecular weight is 1450 g/mol. The number of nitrogens with zero attached hydrogens (tertiary/aromatic N) is 6. The van der Waals surface area contributed by atoms with Crippen LogP contribution in [0, 0.1) is 0 Å². The molecule has 8 amide bonds. The van der Waals surface area contributed by atoms with Crippen LogP contribution >= 0.6 is 0 Å². The molecule has 7 heterocycles. The van der Waals surface area contributed by atoms with Gasteiger partial charge in [-0.3, -0.25) is 52.7 Å². The van der Waals surface area contributed by atoms with Gasteiger partial charge in [-0.2, -0.15) is 0 Å². The van der Waals surface area contributed by atoms with Gasteiger partial charge >= 0.3 is 6.09 Å². The van der Waals surface area contributed by atoms with Gasteiger partial charge in [0.1, 0.15) is 72.0 Å². The molecule has 3 aliphatic heterocycles. The second-order valence-corrected chi connectivity index (χ2v) is 25.1. The molecule has 30 nitrogen and oxygen atoms in total. The molecule has 30 heteroatoms. The number of fused-ring (bicyclic) bond motifs is 2. The van der Waals surface area contributed by atoms with Gasteiger partial charge in [0.2, 0.25) is 5.91 Å². The molecule has 1 unspecified atom stereocenters. The lowest BCUT2D eigenvalue weighted by Crippen LogP contribution is -2.52. The summed E-state index contributed by atoms with van der Waals surface area (Å²) in [5.41, 5.74) is -3.78. The normalized spacial score (nSPS) is 14.5. The fourth-order valence-corrected chi connectivity index (χ4v) is 10.9. The number of ether oxygens (including phenoxy) is 2. The molecule has 0 fully saturated rings. The molecule has 4 bridgehead atoms. The zero-order valence-electron chi connectivity index (χ0n) is 58.9. The Morgan fingerprint density at radius 2 is 0.821 bits per heavy atom. The molecule has 0 radical (unpaired) electrons. The topological polar surface area (TPSA) is 359 Å². The van der Waals surface area contributed by atoms with Crippen molar-refractivity contribution < 1.29 is 67.2 Å². The molecule has 556 valence electrons. The number of pyridine rings is 4. The molecular weight excluding hydrogens is 1370 g/mol. The van der Waals surface area contributed by atoms with Crippen LogP contribution in [0.25, 0.3) is 0 Å². The summed E-state index contributed by atoms with van der Waals surface area (Å²) < 4.78 is 14.1. The molecule has 4 aromatic heterocycles. The van der Waals surface area contributed by atoms with Gasteiger partial charge in [0.15, 0.2) is 0 Å². The minimum absolute atomic E-state index is 0.00845. The van der Waals surface area contributed by atoms with E-state index in [2.05, 4.69) is 31.9 Å². The Bertz CT molecular complexity index is 4600. The number of hydrogen-bond donors (Lipinski definition) is 6. The van der Waals surface area contributed by atoms with Crippen molar-refractivity contribution >= 4 is 47.4 Å². The number of carbonyl (C=O) groups excluding carboxylic acids is 8. The third-order valence-electron chi connectivity index (χ3n) is 16.2. The van der Waals surface area contributed by atoms with Crippen LogP contribution < -0.4 is 73.5 Å². The molecule has 11 rings (SSSR count). The van der Waals surface area contributed by atoms with Crippen LogP contribution in [0.15, 0.2) is 201 Å². The van der Waals surface area contributed by atoms with E-state index in [1.54, 1.807) is 142 Å². The van der Waals surface area contributed by atoms with Crippen LogP contribution in [0.2, 0.25) is 0 Å². The first-order valence-corrected chi connectivity index (χ1v) is 34.4. The highest BCUT2D eigenvalue weighted by molar-refractivity contribution is 5.98. The van der Waals surface area contributed by atoms with Gasteiger partial charge in [-0.15, -0.1) is 18.9 Å². The molecule has 8 aromatic rings. The fraction of sp³-hybridized carbons (Fsp3) is 0.316. The summed E-state index contributed by atoms with van der Waals surface area (Å²) in [7, 11) is 0. The Hall–Kier alpha value is -12.6. The molecule has 0 aliphatic carbocycles. The van der Waals surface area contributed by atoms with Crippen molar-refractivity contribution in [1.82, 2.24) is 60.6 Å². The largest absolute Gasteiger partial charge is 0.444 e. The van der Waals surface area contributed by atoms with Crippen LogP contribution in [0.5, 0.6) is 0 Å². The second kappa shape index (κ2) is 38.6. The lowest BCUT2D eigenvalue weighted by atomic mass is 10.1. The maximum atomic E-state index is 15.6. The van der Waals surface area contributed by atoms with Gasteiger partial charge in [-0.05, 0) is 105 Å². The molecule has 1 atom stereocenters. The maximum Gasteiger partial charge on any atom is 0.407 e. The fourth-order valence-electron chi connectivity index (χ4n) is 10.9. The lowest BCUT2D eigenvalue weighted by Gasteiger charge is -2.32. The maximum absolute atomic E-state index is 15.6. The monoisotopic (exact) mass is 1450 g/mol. The Labute approximate surface area is 608 Å². The number of benzene rings is 4. The summed E-state index contributed by atoms with van der Waals surface area (Å²) in [4.78, 5) is 198. The van der Waals surface area contributed by atoms with Gasteiger partial charge in [0.25, 0.3) is 57.7 Å². The van der Waals surface area contributed by atoms with E-state index in [-0.39, 0.29) is 147 Å². The Morgan fingerprint density at radius 3 is 1.26 bits per heavy atom. The highest BCUT2D eigenvalue weighted by Crippen LogP contribution is 2.18. The summed E-state index contributed by atoms with van der Waals surface area (Å²) in [6, 6.07) is 46.1. The smallest absolute Gasteiger partial charge is 0.407 e. The van der Waals surface area contributed by atoms with Crippen LogP contribution in [-0.4, -0.2) is 160 Å². The Balaban J connectivity index is 1.08. The summed E-state index contributed by atoms with van der Waals surface area (Å²) in [6.07, 6.45) is -1.08. The Morgan fingerprint density at radius 1 is 0.425 bits per heavy atom. The predicted molar refractivity (Wildman–Crippen MR) is 386 cm³/mol. The van der Waals surface area contributed by atoms with E-state index in [9.17, 15) is 43.2 Å². The number of alkyl carbamates (subject to hydrolysis) is 1.